The van der Waals surface area contributed by atoms with Crippen molar-refractivity contribution in [3.63, 3.8) is 0 Å². The van der Waals surface area contributed by atoms with Crippen LogP contribution in [0.5, 0.6) is 5.75 Å². The van der Waals surface area contributed by atoms with Gasteiger partial charge in [0.2, 0.25) is 6.17 Å². The molecule has 0 aliphatic heterocycles. The van der Waals surface area contributed by atoms with E-state index in [-0.39, 0.29) is 30.8 Å². The summed E-state index contributed by atoms with van der Waals surface area (Å²) in [5.41, 5.74) is 0.555. The number of unbranched alkanes of at least 4 members (excludes halogenated alkanes) is 2. The van der Waals surface area contributed by atoms with Crippen LogP contribution in [0.25, 0.3) is 11.0 Å². The molecule has 7 N–H and O–H groups in total. The lowest BCUT2D eigenvalue weighted by Crippen LogP contribution is -2.38. The van der Waals surface area contributed by atoms with Gasteiger partial charge in [0, 0.05) is 49.4 Å². The molecule has 1 heterocycles. The smallest absolute Gasteiger partial charge is 0.422 e. The van der Waals surface area contributed by atoms with Gasteiger partial charge in [-0.05, 0) is 56.5 Å². The first kappa shape index (κ1) is 33.7. The van der Waals surface area contributed by atoms with E-state index < -0.39 is 43.4 Å². The Kier molecular flexibility index (Phi) is 12.2. The van der Waals surface area contributed by atoms with Gasteiger partial charge in [0.05, 0.1) is 0 Å². The largest absolute Gasteiger partial charge is 0.524 e. The van der Waals surface area contributed by atoms with Crippen LogP contribution in [-0.2, 0) is 9.36 Å². The highest BCUT2D eigenvalue weighted by Crippen LogP contribution is 2.41. The fourth-order valence-electron chi connectivity index (χ4n) is 4.20. The number of amides is 2. The van der Waals surface area contributed by atoms with Crippen molar-refractivity contribution in [2.24, 2.45) is 0 Å². The van der Waals surface area contributed by atoms with Gasteiger partial charge in [-0.1, -0.05) is 18.1 Å². The Morgan fingerprint density at radius 2 is 1.79 bits per heavy atom. The van der Waals surface area contributed by atoms with E-state index in [0.29, 0.717) is 42.2 Å². The topological polar surface area (TPSA) is 199 Å². The predicted octanol–water partition coefficient (Wildman–Crippen LogP) is 2.64. The number of halogens is 1. The predicted molar refractivity (Wildman–Crippen MR) is 158 cm³/mol. The summed E-state index contributed by atoms with van der Waals surface area (Å²) < 4.78 is 35.7. The molecule has 234 valence electrons. The summed E-state index contributed by atoms with van der Waals surface area (Å²) in [4.78, 5) is 55.0. The third kappa shape index (κ3) is 10.4. The molecule has 0 saturated carbocycles. The van der Waals surface area contributed by atoms with Crippen molar-refractivity contribution in [1.82, 2.24) is 16.0 Å². The van der Waals surface area contributed by atoms with Crippen LogP contribution in [0.15, 0.2) is 51.7 Å². The van der Waals surface area contributed by atoms with Crippen molar-refractivity contribution >= 4 is 36.3 Å². The minimum atomic E-state index is -4.94. The number of nitrogens with one attached hydrogen (secondary N) is 4. The quantitative estimate of drug-likeness (QED) is 0.0536. The number of phosphoric ester groups is 1. The minimum absolute atomic E-state index is 0.120. The van der Waals surface area contributed by atoms with Crippen LogP contribution in [0.1, 0.15) is 53.3 Å². The van der Waals surface area contributed by atoms with E-state index >= 15 is 0 Å². The summed E-state index contributed by atoms with van der Waals surface area (Å²) >= 11 is 0. The monoisotopic (exact) mass is 622 g/mol. The third-order valence-corrected chi connectivity index (χ3v) is 6.83. The maximum absolute atomic E-state index is 14.8. The molecule has 0 aliphatic rings. The minimum Gasteiger partial charge on any atom is -0.422 e. The first-order valence-corrected chi connectivity index (χ1v) is 15.1. The van der Waals surface area contributed by atoms with Crippen molar-refractivity contribution < 1.29 is 42.4 Å². The van der Waals surface area contributed by atoms with Crippen molar-refractivity contribution in [3.8, 4) is 5.75 Å². The first-order valence-electron chi connectivity index (χ1n) is 13.6. The van der Waals surface area contributed by atoms with Crippen LogP contribution in [0.2, 0.25) is 0 Å². The Labute approximate surface area is 247 Å². The Morgan fingerprint density at radius 3 is 2.51 bits per heavy atom. The van der Waals surface area contributed by atoms with Crippen molar-refractivity contribution in [2.75, 3.05) is 32.0 Å². The van der Waals surface area contributed by atoms with Crippen LogP contribution in [0, 0.1) is 6.92 Å². The van der Waals surface area contributed by atoms with Crippen LogP contribution >= 0.6 is 7.82 Å². The van der Waals surface area contributed by atoms with E-state index in [1.54, 1.807) is 32.2 Å². The molecule has 3 rings (SSSR count). The highest BCUT2D eigenvalue weighted by Gasteiger charge is 2.27. The van der Waals surface area contributed by atoms with Gasteiger partial charge in [-0.15, -0.1) is 0 Å². The molecule has 1 aromatic heterocycles. The summed E-state index contributed by atoms with van der Waals surface area (Å²) in [6.45, 7) is 2.21. The molecular formula is C28H36FN4O9P. The zero-order chi connectivity index (χ0) is 31.6. The number of aliphatic hydroxyl groups excluding tert-OH is 1. The molecule has 2 atom stereocenters. The van der Waals surface area contributed by atoms with Gasteiger partial charge in [-0.3, -0.25) is 24.7 Å². The van der Waals surface area contributed by atoms with Crippen LogP contribution in [0.3, 0.4) is 0 Å². The maximum atomic E-state index is 14.8. The first-order chi connectivity index (χ1) is 20.4. The lowest BCUT2D eigenvalue weighted by atomic mass is 10.1. The second-order valence-corrected chi connectivity index (χ2v) is 11.0. The molecule has 0 spiro atoms. The summed E-state index contributed by atoms with van der Waals surface area (Å²) in [5.74, 6) is -1.96. The van der Waals surface area contributed by atoms with Gasteiger partial charge in [-0.2, -0.15) is 0 Å². The zero-order valence-corrected chi connectivity index (χ0v) is 24.7. The van der Waals surface area contributed by atoms with Crippen LogP contribution in [-0.4, -0.2) is 59.6 Å². The van der Waals surface area contributed by atoms with Crippen molar-refractivity contribution in [2.45, 2.75) is 45.0 Å². The Hall–Kier alpha value is -3.81. The van der Waals surface area contributed by atoms with Crippen molar-refractivity contribution in [1.29, 1.82) is 0 Å². The number of anilines is 1. The summed E-state index contributed by atoms with van der Waals surface area (Å²) in [5, 5.41) is 21.6. The summed E-state index contributed by atoms with van der Waals surface area (Å²) in [7, 11) is -3.20. The van der Waals surface area contributed by atoms with E-state index in [1.807, 2.05) is 0 Å². The second kappa shape index (κ2) is 15.6. The van der Waals surface area contributed by atoms with Crippen LogP contribution < -0.4 is 31.4 Å². The average molecular weight is 623 g/mol. The van der Waals surface area contributed by atoms with E-state index in [9.17, 15) is 28.4 Å². The van der Waals surface area contributed by atoms with Crippen molar-refractivity contribution in [3.05, 3.63) is 69.6 Å². The highest BCUT2D eigenvalue weighted by molar-refractivity contribution is 7.46. The maximum Gasteiger partial charge on any atom is 0.524 e. The van der Waals surface area contributed by atoms with Gasteiger partial charge in [-0.25, -0.2) is 13.8 Å². The fourth-order valence-corrected chi connectivity index (χ4v) is 4.62. The molecule has 0 saturated heterocycles. The third-order valence-electron chi connectivity index (χ3n) is 6.40. The number of fused-ring (bicyclic) bond motifs is 1. The number of carbonyl (C=O) groups excluding carboxylic acids is 2. The molecule has 2 aromatic carbocycles. The molecule has 43 heavy (non-hydrogen) atoms. The van der Waals surface area contributed by atoms with Gasteiger partial charge in [0.1, 0.15) is 23.1 Å². The zero-order valence-electron chi connectivity index (χ0n) is 23.8. The number of rotatable bonds is 16. The molecule has 13 nitrogen and oxygen atoms in total. The van der Waals surface area contributed by atoms with Gasteiger partial charge in [0.15, 0.2) is 0 Å². The Morgan fingerprint density at radius 1 is 1.02 bits per heavy atom. The number of aliphatic hydroxyl groups is 1. The van der Waals surface area contributed by atoms with Crippen LogP contribution in [0.4, 0.5) is 10.1 Å². The standard InChI is InChI=1S/C28H36FN4O9P/c1-17-7-10-22(42-43(38,39)40)20(14-17)25(29)27(36)32-11-5-3-4-6-24(34)31-12-13-33-26(35)21-15-18-8-9-19(30-2)16-23(18)41-28(21)37/h7-10,14-16,24-25,30-31,34H,3-6,11-13H2,1-2H3,(H,32,36)(H,33,35)(H2,38,39,40). The number of carbonyl (C=O) groups is 2. The average Bonchev–Trinajstić information content (AvgIpc) is 2.95. The second-order valence-electron chi connectivity index (χ2n) is 9.80. The highest BCUT2D eigenvalue weighted by atomic mass is 31.2. The number of alkyl halides is 1. The number of aryl methyl sites for hydroxylation is 1. The van der Waals surface area contributed by atoms with Gasteiger partial charge in [0.25, 0.3) is 11.8 Å². The number of phosphoric acid groups is 1. The van der Waals surface area contributed by atoms with Gasteiger partial charge < -0.3 is 30.0 Å². The molecule has 0 bridgehead atoms. The molecular weight excluding hydrogens is 586 g/mol. The van der Waals surface area contributed by atoms with E-state index in [4.69, 9.17) is 14.2 Å². The van der Waals surface area contributed by atoms with Gasteiger partial charge >= 0.3 is 13.4 Å². The van der Waals surface area contributed by atoms with E-state index in [1.165, 1.54) is 24.3 Å². The lowest BCUT2D eigenvalue weighted by Gasteiger charge is -2.16. The van der Waals surface area contributed by atoms with E-state index in [2.05, 4.69) is 25.8 Å². The molecule has 0 radical (unpaired) electrons. The molecule has 0 fully saturated rings. The SMILES string of the molecule is CNc1ccc2cc(C(=O)NCCNC(O)CCCCCNC(=O)C(F)c3cc(C)ccc3OP(=O)(O)O)c(=O)oc2c1. The number of hydrogen-bond acceptors (Lipinski definition) is 9. The lowest BCUT2D eigenvalue weighted by molar-refractivity contribution is -0.126. The fraction of sp³-hybridized carbons (Fsp3) is 0.393. The van der Waals surface area contributed by atoms with E-state index in [0.717, 1.165) is 5.69 Å². The molecule has 2 amide bonds. The normalized spacial score (nSPS) is 12.9. The summed E-state index contributed by atoms with van der Waals surface area (Å²) in [6.07, 6.45) is -0.912. The summed E-state index contributed by atoms with van der Waals surface area (Å²) in [6, 6.07) is 10.6. The molecule has 2 unspecified atom stereocenters. The molecule has 3 aromatic rings. The Bertz CT molecular complexity index is 1530. The molecule has 15 heteroatoms. The molecule has 0 aliphatic carbocycles. The number of hydrogen-bond donors (Lipinski definition) is 7. The Balaban J connectivity index is 1.32. The number of benzene rings is 2.